The SMILES string of the molecule is CO[C@H]1CC(=O)C[C@H]2N(S(=O)(=O)c3ccccc3)c3ccccc3[C@@]12[N+](=O)[O-]. The van der Waals surface area contributed by atoms with Gasteiger partial charge in [0.05, 0.1) is 16.1 Å². The van der Waals surface area contributed by atoms with E-state index in [1.807, 2.05) is 0 Å². The van der Waals surface area contributed by atoms with E-state index in [0.29, 0.717) is 0 Å². The number of hydrogen-bond acceptors (Lipinski definition) is 6. The summed E-state index contributed by atoms with van der Waals surface area (Å²) in [7, 11) is -2.82. The van der Waals surface area contributed by atoms with Crippen LogP contribution in [0.4, 0.5) is 5.69 Å². The van der Waals surface area contributed by atoms with Gasteiger partial charge in [0.25, 0.3) is 15.6 Å². The maximum Gasteiger partial charge on any atom is 0.296 e. The number of ether oxygens (including phenoxy) is 1. The van der Waals surface area contributed by atoms with E-state index in [1.165, 1.54) is 25.3 Å². The van der Waals surface area contributed by atoms with Crippen LogP contribution in [0.5, 0.6) is 0 Å². The van der Waals surface area contributed by atoms with Crippen LogP contribution >= 0.6 is 0 Å². The lowest BCUT2D eigenvalue weighted by Gasteiger charge is -2.39. The molecule has 28 heavy (non-hydrogen) atoms. The molecule has 0 aromatic heterocycles. The number of methoxy groups -OCH3 is 1. The van der Waals surface area contributed by atoms with Crippen LogP contribution in [0.2, 0.25) is 0 Å². The van der Waals surface area contributed by atoms with Crippen molar-refractivity contribution in [3.8, 4) is 0 Å². The number of nitro groups is 1. The molecule has 0 radical (unpaired) electrons. The van der Waals surface area contributed by atoms with Gasteiger partial charge in [-0.25, -0.2) is 8.42 Å². The summed E-state index contributed by atoms with van der Waals surface area (Å²) in [5.74, 6) is -0.268. The summed E-state index contributed by atoms with van der Waals surface area (Å²) in [5.41, 5.74) is -1.38. The van der Waals surface area contributed by atoms with Crippen LogP contribution in [0.1, 0.15) is 18.4 Å². The van der Waals surface area contributed by atoms with E-state index in [1.54, 1.807) is 36.4 Å². The highest BCUT2D eigenvalue weighted by molar-refractivity contribution is 7.92. The summed E-state index contributed by atoms with van der Waals surface area (Å²) in [6.45, 7) is 0. The largest absolute Gasteiger partial charge is 0.373 e. The highest BCUT2D eigenvalue weighted by atomic mass is 32.2. The Bertz CT molecular complexity index is 1060. The Balaban J connectivity index is 2.02. The number of carbonyl (C=O) groups is 1. The third-order valence-corrected chi connectivity index (χ3v) is 7.41. The molecule has 2 aromatic rings. The normalized spacial score (nSPS) is 26.6. The summed E-state index contributed by atoms with van der Waals surface area (Å²) in [6, 6.07) is 12.9. The molecule has 2 aromatic carbocycles. The van der Waals surface area contributed by atoms with Gasteiger partial charge in [-0.15, -0.1) is 0 Å². The second-order valence-electron chi connectivity index (χ2n) is 6.90. The van der Waals surface area contributed by atoms with E-state index in [4.69, 9.17) is 4.74 Å². The molecule has 1 saturated carbocycles. The molecule has 0 bridgehead atoms. The van der Waals surface area contributed by atoms with Crippen molar-refractivity contribution in [1.82, 2.24) is 0 Å². The van der Waals surface area contributed by atoms with Crippen LogP contribution in [-0.2, 0) is 25.1 Å². The first kappa shape index (κ1) is 18.6. The Hall–Kier alpha value is -2.78. The quantitative estimate of drug-likeness (QED) is 0.573. The van der Waals surface area contributed by atoms with Crippen molar-refractivity contribution >= 4 is 21.5 Å². The van der Waals surface area contributed by atoms with Crippen LogP contribution in [-0.4, -0.2) is 38.4 Å². The number of fused-ring (bicyclic) bond motifs is 3. The molecule has 0 unspecified atom stereocenters. The zero-order valence-electron chi connectivity index (χ0n) is 15.0. The smallest absolute Gasteiger partial charge is 0.296 e. The van der Waals surface area contributed by atoms with Crippen LogP contribution in [0.25, 0.3) is 0 Å². The number of anilines is 1. The molecule has 1 heterocycles. The molecule has 3 atom stereocenters. The molecule has 1 aliphatic heterocycles. The van der Waals surface area contributed by atoms with Crippen LogP contribution < -0.4 is 4.31 Å². The van der Waals surface area contributed by atoms with Gasteiger partial charge in [0.15, 0.2) is 0 Å². The van der Waals surface area contributed by atoms with Crippen LogP contribution in [0, 0.1) is 10.1 Å². The van der Waals surface area contributed by atoms with Gasteiger partial charge < -0.3 is 4.74 Å². The monoisotopic (exact) mass is 402 g/mol. The number of carbonyl (C=O) groups excluding carboxylic acids is 1. The van der Waals surface area contributed by atoms with E-state index in [0.717, 1.165) is 4.31 Å². The van der Waals surface area contributed by atoms with Gasteiger partial charge in [-0.1, -0.05) is 30.3 Å². The lowest BCUT2D eigenvalue weighted by Crippen LogP contribution is -2.62. The predicted molar refractivity (Wildman–Crippen MR) is 100 cm³/mol. The number of para-hydroxylation sites is 1. The fraction of sp³-hybridized carbons (Fsp3) is 0.316. The van der Waals surface area contributed by atoms with Gasteiger partial charge >= 0.3 is 0 Å². The van der Waals surface area contributed by atoms with Gasteiger partial charge in [0.2, 0.25) is 0 Å². The standard InChI is InChI=1S/C19H18N2O6S/c1-27-18-12-13(22)11-17-19(18,21(23)24)15-9-5-6-10-16(15)20(17)28(25,26)14-7-3-2-4-8-14/h2-10,17-18H,11-12H2,1H3/t17-,18+,19+/m1/s1. The second-order valence-corrected chi connectivity index (χ2v) is 8.72. The summed E-state index contributed by atoms with van der Waals surface area (Å²) >= 11 is 0. The number of Topliss-reactive ketones (excluding diaryl/α,β-unsaturated/α-hetero) is 1. The lowest BCUT2D eigenvalue weighted by atomic mass is 9.73. The van der Waals surface area contributed by atoms with Crippen molar-refractivity contribution in [3.63, 3.8) is 0 Å². The summed E-state index contributed by atoms with van der Waals surface area (Å²) < 4.78 is 33.4. The van der Waals surface area contributed by atoms with Crippen molar-refractivity contribution in [3.05, 3.63) is 70.3 Å². The molecule has 1 aliphatic carbocycles. The van der Waals surface area contributed by atoms with E-state index in [2.05, 4.69) is 0 Å². The first-order chi connectivity index (χ1) is 13.3. The number of rotatable bonds is 4. The van der Waals surface area contributed by atoms with Crippen molar-refractivity contribution in [2.75, 3.05) is 11.4 Å². The summed E-state index contributed by atoms with van der Waals surface area (Å²) in [5, 5.41) is 12.4. The van der Waals surface area contributed by atoms with Crippen LogP contribution in [0.3, 0.4) is 0 Å². The molecule has 8 nitrogen and oxygen atoms in total. The third-order valence-electron chi connectivity index (χ3n) is 5.58. The second kappa shape index (κ2) is 6.39. The van der Waals surface area contributed by atoms with Crippen molar-refractivity contribution < 1.29 is 22.9 Å². The predicted octanol–water partition coefficient (Wildman–Crippen LogP) is 2.11. The fourth-order valence-electron chi connectivity index (χ4n) is 4.42. The minimum absolute atomic E-state index is 0.0101. The van der Waals surface area contributed by atoms with Gasteiger partial charge in [-0.3, -0.25) is 19.2 Å². The van der Waals surface area contributed by atoms with Crippen molar-refractivity contribution in [2.45, 2.75) is 35.4 Å². The number of nitrogens with zero attached hydrogens (tertiary/aromatic N) is 2. The zero-order chi connectivity index (χ0) is 20.1. The molecule has 9 heteroatoms. The Morgan fingerprint density at radius 2 is 1.75 bits per heavy atom. The Labute approximate surface area is 161 Å². The first-order valence-corrected chi connectivity index (χ1v) is 10.2. The summed E-state index contributed by atoms with van der Waals surface area (Å²) in [4.78, 5) is 24.3. The first-order valence-electron chi connectivity index (χ1n) is 8.73. The molecule has 0 amide bonds. The molecular formula is C19H18N2O6S. The molecule has 4 rings (SSSR count). The van der Waals surface area contributed by atoms with Crippen molar-refractivity contribution in [2.24, 2.45) is 0 Å². The molecule has 2 aliphatic rings. The number of ketones is 1. The minimum Gasteiger partial charge on any atom is -0.373 e. The van der Waals surface area contributed by atoms with E-state index >= 15 is 0 Å². The maximum absolute atomic E-state index is 13.5. The molecule has 0 saturated heterocycles. The lowest BCUT2D eigenvalue weighted by molar-refractivity contribution is -0.596. The van der Waals surface area contributed by atoms with E-state index < -0.39 is 32.6 Å². The molecular weight excluding hydrogens is 384 g/mol. The Kier molecular flexibility index (Phi) is 4.24. The maximum atomic E-state index is 13.5. The van der Waals surface area contributed by atoms with Crippen LogP contribution in [0.15, 0.2) is 59.5 Å². The zero-order valence-corrected chi connectivity index (χ0v) is 15.8. The fourth-order valence-corrected chi connectivity index (χ4v) is 6.14. The molecule has 0 spiro atoms. The molecule has 1 fully saturated rings. The average molecular weight is 402 g/mol. The minimum atomic E-state index is -4.13. The number of hydrogen-bond donors (Lipinski definition) is 0. The number of sulfonamides is 1. The third kappa shape index (κ3) is 2.33. The topological polar surface area (TPSA) is 107 Å². The van der Waals surface area contributed by atoms with E-state index in [9.17, 15) is 23.3 Å². The number of benzene rings is 2. The molecule has 146 valence electrons. The van der Waals surface area contributed by atoms with Gasteiger partial charge in [0.1, 0.15) is 17.9 Å². The van der Waals surface area contributed by atoms with Crippen molar-refractivity contribution in [1.29, 1.82) is 0 Å². The highest BCUT2D eigenvalue weighted by Crippen LogP contribution is 2.54. The molecule has 0 N–H and O–H groups in total. The Morgan fingerprint density at radius 3 is 2.39 bits per heavy atom. The Morgan fingerprint density at radius 1 is 1.11 bits per heavy atom. The summed E-state index contributed by atoms with van der Waals surface area (Å²) in [6.07, 6.45) is -1.45. The van der Waals surface area contributed by atoms with E-state index in [-0.39, 0.29) is 34.8 Å². The van der Waals surface area contributed by atoms with Gasteiger partial charge in [-0.2, -0.15) is 0 Å². The average Bonchev–Trinajstić information content (AvgIpc) is 2.99. The highest BCUT2D eigenvalue weighted by Gasteiger charge is 2.70. The van der Waals surface area contributed by atoms with Gasteiger partial charge in [-0.05, 0) is 24.3 Å². The van der Waals surface area contributed by atoms with Gasteiger partial charge in [0, 0.05) is 24.9 Å².